The first-order chi connectivity index (χ1) is 12.5. The SMILES string of the molecule is C=C(/C=C\C=C/C)/C(N=C(C)c1ccccc1C)=C(/C)c1ccccc1. The van der Waals surface area contributed by atoms with E-state index in [0.29, 0.717) is 0 Å². The van der Waals surface area contributed by atoms with E-state index >= 15 is 0 Å². The van der Waals surface area contributed by atoms with Crippen molar-refractivity contribution >= 4 is 11.3 Å². The number of nitrogens with zero attached hydrogens (tertiary/aromatic N) is 1. The van der Waals surface area contributed by atoms with Crippen molar-refractivity contribution in [3.05, 3.63) is 113 Å². The van der Waals surface area contributed by atoms with Gasteiger partial charge in [-0.05, 0) is 55.5 Å². The maximum Gasteiger partial charge on any atom is 0.0734 e. The molecule has 2 aromatic rings. The summed E-state index contributed by atoms with van der Waals surface area (Å²) in [7, 11) is 0. The lowest BCUT2D eigenvalue weighted by Crippen LogP contribution is -2.00. The maximum absolute atomic E-state index is 4.98. The summed E-state index contributed by atoms with van der Waals surface area (Å²) < 4.78 is 0. The first-order valence-electron chi connectivity index (χ1n) is 8.90. The van der Waals surface area contributed by atoms with Gasteiger partial charge in [-0.3, -0.25) is 4.99 Å². The predicted molar refractivity (Wildman–Crippen MR) is 116 cm³/mol. The quantitative estimate of drug-likeness (QED) is 0.399. The van der Waals surface area contributed by atoms with E-state index in [1.165, 1.54) is 5.56 Å². The molecule has 2 aromatic carbocycles. The largest absolute Gasteiger partial charge is 0.252 e. The zero-order valence-electron chi connectivity index (χ0n) is 16.2. The number of hydrogen-bond acceptors (Lipinski definition) is 1. The van der Waals surface area contributed by atoms with Gasteiger partial charge in [0.1, 0.15) is 0 Å². The minimum absolute atomic E-state index is 0.900. The van der Waals surface area contributed by atoms with Gasteiger partial charge in [-0.2, -0.15) is 0 Å². The van der Waals surface area contributed by atoms with Gasteiger partial charge in [0, 0.05) is 5.71 Å². The molecule has 0 bridgehead atoms. The number of benzene rings is 2. The molecule has 0 aliphatic rings. The van der Waals surface area contributed by atoms with Crippen molar-refractivity contribution in [3.63, 3.8) is 0 Å². The molecule has 0 unspecified atom stereocenters. The van der Waals surface area contributed by atoms with E-state index in [9.17, 15) is 0 Å². The van der Waals surface area contributed by atoms with Crippen LogP contribution in [0, 0.1) is 6.92 Å². The topological polar surface area (TPSA) is 12.4 Å². The lowest BCUT2D eigenvalue weighted by atomic mass is 10.0. The van der Waals surface area contributed by atoms with Crippen LogP contribution in [-0.4, -0.2) is 5.71 Å². The number of allylic oxidation sites excluding steroid dienone is 5. The zero-order valence-corrected chi connectivity index (χ0v) is 16.2. The average molecular weight is 341 g/mol. The molecule has 132 valence electrons. The van der Waals surface area contributed by atoms with Gasteiger partial charge in [0.15, 0.2) is 0 Å². The number of aliphatic imine (C=N–C) groups is 1. The van der Waals surface area contributed by atoms with Crippen LogP contribution in [0.3, 0.4) is 0 Å². The van der Waals surface area contributed by atoms with Gasteiger partial charge in [0.05, 0.1) is 5.70 Å². The Labute approximate surface area is 157 Å². The number of aryl methyl sites for hydroxylation is 1. The smallest absolute Gasteiger partial charge is 0.0734 e. The summed E-state index contributed by atoms with van der Waals surface area (Å²) >= 11 is 0. The summed E-state index contributed by atoms with van der Waals surface area (Å²) in [6.45, 7) is 12.5. The van der Waals surface area contributed by atoms with Crippen LogP contribution in [0.25, 0.3) is 5.57 Å². The van der Waals surface area contributed by atoms with E-state index < -0.39 is 0 Å². The molecule has 0 atom stereocenters. The maximum atomic E-state index is 4.98. The van der Waals surface area contributed by atoms with Crippen LogP contribution in [-0.2, 0) is 0 Å². The first-order valence-corrected chi connectivity index (χ1v) is 8.90. The molecular formula is C25H27N. The fourth-order valence-electron chi connectivity index (χ4n) is 2.79. The van der Waals surface area contributed by atoms with E-state index in [1.807, 2.05) is 49.4 Å². The molecule has 0 fully saturated rings. The second-order valence-corrected chi connectivity index (χ2v) is 6.26. The van der Waals surface area contributed by atoms with Crippen LogP contribution < -0.4 is 0 Å². The van der Waals surface area contributed by atoms with Crippen molar-refractivity contribution in [2.45, 2.75) is 27.7 Å². The molecule has 0 amide bonds. The van der Waals surface area contributed by atoms with Gasteiger partial charge in [-0.15, -0.1) is 0 Å². The highest BCUT2D eigenvalue weighted by atomic mass is 14.8. The van der Waals surface area contributed by atoms with Crippen molar-refractivity contribution in [2.24, 2.45) is 4.99 Å². The van der Waals surface area contributed by atoms with E-state index in [4.69, 9.17) is 4.99 Å². The lowest BCUT2D eigenvalue weighted by molar-refractivity contribution is 1.31. The molecule has 1 heteroatoms. The average Bonchev–Trinajstić information content (AvgIpc) is 2.66. The molecule has 2 rings (SSSR count). The fraction of sp³-hybridized carbons (Fsp3) is 0.160. The van der Waals surface area contributed by atoms with Crippen LogP contribution in [0.5, 0.6) is 0 Å². The van der Waals surface area contributed by atoms with Crippen molar-refractivity contribution in [1.82, 2.24) is 0 Å². The van der Waals surface area contributed by atoms with Crippen LogP contribution in [0.2, 0.25) is 0 Å². The minimum Gasteiger partial charge on any atom is -0.252 e. The number of rotatable bonds is 6. The molecule has 0 heterocycles. The molecular weight excluding hydrogens is 314 g/mol. The van der Waals surface area contributed by atoms with Gasteiger partial charge >= 0.3 is 0 Å². The lowest BCUT2D eigenvalue weighted by Gasteiger charge is -2.12. The van der Waals surface area contributed by atoms with E-state index in [2.05, 4.69) is 63.7 Å². The molecule has 0 N–H and O–H groups in total. The summed E-state index contributed by atoms with van der Waals surface area (Å²) in [6, 6.07) is 18.7. The molecule has 0 aromatic heterocycles. The highest BCUT2D eigenvalue weighted by molar-refractivity contribution is 6.01. The molecule has 0 spiro atoms. The van der Waals surface area contributed by atoms with Crippen LogP contribution in [0.15, 0.2) is 102 Å². The Morgan fingerprint density at radius 2 is 1.58 bits per heavy atom. The monoisotopic (exact) mass is 341 g/mol. The van der Waals surface area contributed by atoms with Gasteiger partial charge in [-0.25, -0.2) is 0 Å². The third-order valence-electron chi connectivity index (χ3n) is 4.28. The van der Waals surface area contributed by atoms with Gasteiger partial charge < -0.3 is 0 Å². The second-order valence-electron chi connectivity index (χ2n) is 6.26. The van der Waals surface area contributed by atoms with Gasteiger partial charge in [0.2, 0.25) is 0 Å². The normalized spacial score (nSPS) is 13.3. The van der Waals surface area contributed by atoms with Crippen molar-refractivity contribution < 1.29 is 0 Å². The Kier molecular flexibility index (Phi) is 7.11. The molecule has 26 heavy (non-hydrogen) atoms. The van der Waals surface area contributed by atoms with E-state index in [-0.39, 0.29) is 0 Å². The second kappa shape index (κ2) is 9.53. The third-order valence-corrected chi connectivity index (χ3v) is 4.28. The first kappa shape index (κ1) is 19.4. The molecule has 0 aliphatic carbocycles. The van der Waals surface area contributed by atoms with Crippen molar-refractivity contribution in [3.8, 4) is 0 Å². The third kappa shape index (κ3) is 5.03. The molecule has 0 saturated carbocycles. The zero-order chi connectivity index (χ0) is 18.9. The fourth-order valence-corrected chi connectivity index (χ4v) is 2.79. The highest BCUT2D eigenvalue weighted by Gasteiger charge is 2.09. The Hall–Kier alpha value is -2.93. The number of hydrogen-bond donors (Lipinski definition) is 0. The molecule has 0 aliphatic heterocycles. The summed E-state index contributed by atoms with van der Waals surface area (Å²) in [4.78, 5) is 4.98. The van der Waals surface area contributed by atoms with Gasteiger partial charge in [-0.1, -0.05) is 85.5 Å². The standard InChI is InChI=1S/C25H27N/c1-6-7-9-15-20(3)25(21(4)23-16-10-8-11-17-23)26-22(5)24-18-13-12-14-19(24)2/h6-18H,3H2,1-2,4-5H3/b7-6-,15-9-,25-21+,26-22?. The van der Waals surface area contributed by atoms with E-state index in [0.717, 1.165) is 33.7 Å². The summed E-state index contributed by atoms with van der Waals surface area (Å²) in [5.74, 6) is 0. The van der Waals surface area contributed by atoms with E-state index in [1.54, 1.807) is 0 Å². The summed E-state index contributed by atoms with van der Waals surface area (Å²) in [5.41, 5.74) is 7.47. The summed E-state index contributed by atoms with van der Waals surface area (Å²) in [5, 5.41) is 0. The summed E-state index contributed by atoms with van der Waals surface area (Å²) in [6.07, 6.45) is 8.01. The molecule has 1 nitrogen and oxygen atoms in total. The Morgan fingerprint density at radius 1 is 0.923 bits per heavy atom. The highest BCUT2D eigenvalue weighted by Crippen LogP contribution is 2.26. The van der Waals surface area contributed by atoms with Crippen LogP contribution in [0.1, 0.15) is 37.5 Å². The van der Waals surface area contributed by atoms with Crippen LogP contribution >= 0.6 is 0 Å². The molecule has 0 radical (unpaired) electrons. The van der Waals surface area contributed by atoms with Crippen molar-refractivity contribution in [2.75, 3.05) is 0 Å². The molecule has 0 saturated heterocycles. The Balaban J connectivity index is 2.56. The Morgan fingerprint density at radius 3 is 2.23 bits per heavy atom. The van der Waals surface area contributed by atoms with Crippen molar-refractivity contribution in [1.29, 1.82) is 0 Å². The minimum atomic E-state index is 0.900. The van der Waals surface area contributed by atoms with Gasteiger partial charge in [0.25, 0.3) is 0 Å². The van der Waals surface area contributed by atoms with Crippen LogP contribution in [0.4, 0.5) is 0 Å². The predicted octanol–water partition coefficient (Wildman–Crippen LogP) is 6.92. The Bertz CT molecular complexity index is 877.